The molecule has 2 aromatic heterocycles. The van der Waals surface area contributed by atoms with E-state index in [9.17, 15) is 4.79 Å². The van der Waals surface area contributed by atoms with Crippen molar-refractivity contribution < 1.29 is 19.0 Å². The number of pyridine rings is 1. The van der Waals surface area contributed by atoms with Gasteiger partial charge in [-0.2, -0.15) is 0 Å². The van der Waals surface area contributed by atoms with Gasteiger partial charge in [0.25, 0.3) is 5.91 Å². The molecular formula is C25H26N4O4. The molecule has 0 radical (unpaired) electrons. The maximum absolute atomic E-state index is 13.1. The lowest BCUT2D eigenvalue weighted by Gasteiger charge is -2.44. The van der Waals surface area contributed by atoms with Gasteiger partial charge in [-0.15, -0.1) is 0 Å². The molecule has 33 heavy (non-hydrogen) atoms. The molecule has 0 bridgehead atoms. The summed E-state index contributed by atoms with van der Waals surface area (Å²) < 4.78 is 17.6. The number of amides is 1. The molecule has 0 aliphatic carbocycles. The quantitative estimate of drug-likeness (QED) is 0.653. The van der Waals surface area contributed by atoms with Gasteiger partial charge in [-0.05, 0) is 30.7 Å². The van der Waals surface area contributed by atoms with E-state index in [1.165, 1.54) is 0 Å². The Bertz CT molecular complexity index is 1160. The molecular weight excluding hydrogens is 420 g/mol. The van der Waals surface area contributed by atoms with E-state index in [2.05, 4.69) is 26.3 Å². The molecule has 1 fully saturated rings. The largest absolute Gasteiger partial charge is 0.494 e. The van der Waals surface area contributed by atoms with Crippen molar-refractivity contribution in [1.29, 1.82) is 0 Å². The molecule has 1 N–H and O–H groups in total. The number of fused-ring (bicyclic) bond motifs is 1. The summed E-state index contributed by atoms with van der Waals surface area (Å²) >= 11 is 0. The van der Waals surface area contributed by atoms with Gasteiger partial charge in [-0.25, -0.2) is 9.97 Å². The Labute approximate surface area is 192 Å². The molecule has 1 spiro atoms. The summed E-state index contributed by atoms with van der Waals surface area (Å²) in [5.74, 6) is 1.89. The van der Waals surface area contributed by atoms with E-state index in [0.29, 0.717) is 36.8 Å². The standard InChI is InChI=1S/C25H26N4O4/c1-16-27-13-18(14-28-16)24(30)29-21-12-25(6-9-32-10-7-25)33-22-4-3-17(11-20(21)22)19-5-8-26-15-23(19)31-2/h3-5,8,11,13-15,21H,6-7,9-10,12H2,1-2H3,(H,29,30). The lowest BCUT2D eigenvalue weighted by Crippen LogP contribution is -2.48. The number of hydrogen-bond acceptors (Lipinski definition) is 7. The van der Waals surface area contributed by atoms with Gasteiger partial charge in [-0.1, -0.05) is 6.07 Å². The van der Waals surface area contributed by atoms with E-state index in [1.54, 1.807) is 38.8 Å². The zero-order valence-corrected chi connectivity index (χ0v) is 18.7. The van der Waals surface area contributed by atoms with Crippen molar-refractivity contribution in [2.24, 2.45) is 0 Å². The van der Waals surface area contributed by atoms with E-state index in [0.717, 1.165) is 35.3 Å². The minimum atomic E-state index is -0.358. The van der Waals surface area contributed by atoms with Crippen molar-refractivity contribution in [2.45, 2.75) is 37.8 Å². The predicted octanol–water partition coefficient (Wildman–Crippen LogP) is 3.66. The fraction of sp³-hybridized carbons (Fsp3) is 0.360. The Balaban J connectivity index is 1.52. The van der Waals surface area contributed by atoms with Gasteiger partial charge in [0.1, 0.15) is 22.9 Å². The second-order valence-electron chi connectivity index (χ2n) is 8.48. The highest BCUT2D eigenvalue weighted by Crippen LogP contribution is 2.46. The Morgan fingerprint density at radius 3 is 2.70 bits per heavy atom. The average Bonchev–Trinajstić information content (AvgIpc) is 2.84. The molecule has 4 heterocycles. The average molecular weight is 447 g/mol. The summed E-state index contributed by atoms with van der Waals surface area (Å²) in [5.41, 5.74) is 2.91. The molecule has 1 unspecified atom stereocenters. The first kappa shape index (κ1) is 21.3. The number of ether oxygens (including phenoxy) is 3. The molecule has 2 aliphatic heterocycles. The third-order valence-electron chi connectivity index (χ3n) is 6.36. The Kier molecular flexibility index (Phi) is 5.68. The van der Waals surface area contributed by atoms with Gasteiger partial charge in [0.15, 0.2) is 0 Å². The zero-order valence-electron chi connectivity index (χ0n) is 18.7. The van der Waals surface area contributed by atoms with Gasteiger partial charge in [0.2, 0.25) is 0 Å². The van der Waals surface area contributed by atoms with Crippen LogP contribution < -0.4 is 14.8 Å². The van der Waals surface area contributed by atoms with Crippen molar-refractivity contribution in [3.8, 4) is 22.6 Å². The summed E-state index contributed by atoms with van der Waals surface area (Å²) in [4.78, 5) is 25.5. The SMILES string of the molecule is COc1cnccc1-c1ccc2c(c1)C(NC(=O)c1cnc(C)nc1)CC1(CCOCC1)O2. The lowest BCUT2D eigenvalue weighted by atomic mass is 9.81. The van der Waals surface area contributed by atoms with E-state index in [1.807, 2.05) is 18.2 Å². The zero-order chi connectivity index (χ0) is 22.8. The van der Waals surface area contributed by atoms with Crippen LogP contribution in [0.15, 0.2) is 49.1 Å². The van der Waals surface area contributed by atoms with E-state index < -0.39 is 0 Å². The first-order valence-corrected chi connectivity index (χ1v) is 11.1. The molecule has 1 saturated heterocycles. The molecule has 8 heteroatoms. The van der Waals surface area contributed by atoms with Crippen molar-refractivity contribution >= 4 is 5.91 Å². The van der Waals surface area contributed by atoms with Crippen LogP contribution in [0.5, 0.6) is 11.5 Å². The number of carbonyl (C=O) groups excluding carboxylic acids is 1. The summed E-state index contributed by atoms with van der Waals surface area (Å²) in [5, 5.41) is 3.21. The van der Waals surface area contributed by atoms with Crippen LogP contribution >= 0.6 is 0 Å². The van der Waals surface area contributed by atoms with Crippen LogP contribution in [0.3, 0.4) is 0 Å². The molecule has 2 aliphatic rings. The maximum Gasteiger partial charge on any atom is 0.254 e. The number of hydrogen-bond donors (Lipinski definition) is 1. The third kappa shape index (κ3) is 4.26. The number of rotatable bonds is 4. The van der Waals surface area contributed by atoms with Gasteiger partial charge in [0, 0.05) is 49.0 Å². The Morgan fingerprint density at radius 1 is 1.15 bits per heavy atom. The molecule has 3 aromatic rings. The fourth-order valence-electron chi connectivity index (χ4n) is 4.55. The van der Waals surface area contributed by atoms with Crippen molar-refractivity contribution in [1.82, 2.24) is 20.3 Å². The Hall–Kier alpha value is -3.52. The molecule has 170 valence electrons. The van der Waals surface area contributed by atoms with Crippen LogP contribution in [0, 0.1) is 6.92 Å². The first-order chi connectivity index (χ1) is 16.1. The number of carbonyl (C=O) groups is 1. The second-order valence-corrected chi connectivity index (χ2v) is 8.48. The van der Waals surface area contributed by atoms with Gasteiger partial charge in [0.05, 0.1) is 38.1 Å². The van der Waals surface area contributed by atoms with Crippen LogP contribution in [-0.2, 0) is 4.74 Å². The highest BCUT2D eigenvalue weighted by atomic mass is 16.5. The molecule has 1 atom stereocenters. The van der Waals surface area contributed by atoms with Crippen molar-refractivity contribution in [3.05, 3.63) is 66.0 Å². The number of aryl methyl sites for hydroxylation is 1. The number of nitrogens with zero attached hydrogens (tertiary/aromatic N) is 3. The summed E-state index contributed by atoms with van der Waals surface area (Å²) in [6.07, 6.45) is 8.78. The number of nitrogens with one attached hydrogen (secondary N) is 1. The van der Waals surface area contributed by atoms with Crippen molar-refractivity contribution in [2.75, 3.05) is 20.3 Å². The monoisotopic (exact) mass is 446 g/mol. The smallest absolute Gasteiger partial charge is 0.254 e. The first-order valence-electron chi connectivity index (χ1n) is 11.1. The summed E-state index contributed by atoms with van der Waals surface area (Å²) in [6, 6.07) is 7.75. The topological polar surface area (TPSA) is 95.5 Å². The van der Waals surface area contributed by atoms with Crippen LogP contribution in [0.2, 0.25) is 0 Å². The molecule has 8 nitrogen and oxygen atoms in total. The molecule has 5 rings (SSSR count). The minimum absolute atomic E-state index is 0.207. The highest BCUT2D eigenvalue weighted by Gasteiger charge is 2.43. The van der Waals surface area contributed by atoms with Crippen LogP contribution in [0.4, 0.5) is 0 Å². The van der Waals surface area contributed by atoms with Crippen molar-refractivity contribution in [3.63, 3.8) is 0 Å². The number of benzene rings is 1. The number of aromatic nitrogens is 3. The van der Waals surface area contributed by atoms with Crippen LogP contribution in [-0.4, -0.2) is 46.8 Å². The number of methoxy groups -OCH3 is 1. The van der Waals surface area contributed by atoms with E-state index >= 15 is 0 Å². The maximum atomic E-state index is 13.1. The van der Waals surface area contributed by atoms with E-state index in [-0.39, 0.29) is 17.6 Å². The van der Waals surface area contributed by atoms with E-state index in [4.69, 9.17) is 14.2 Å². The molecule has 1 aromatic carbocycles. The van der Waals surface area contributed by atoms with Crippen LogP contribution in [0.1, 0.15) is 47.1 Å². The molecule has 0 saturated carbocycles. The summed E-state index contributed by atoms with van der Waals surface area (Å²) in [7, 11) is 1.63. The minimum Gasteiger partial charge on any atom is -0.494 e. The van der Waals surface area contributed by atoms with Crippen LogP contribution in [0.25, 0.3) is 11.1 Å². The fourth-order valence-corrected chi connectivity index (χ4v) is 4.55. The normalized spacial score (nSPS) is 18.8. The molecule has 1 amide bonds. The lowest BCUT2D eigenvalue weighted by molar-refractivity contribution is -0.0639. The summed E-state index contributed by atoms with van der Waals surface area (Å²) in [6.45, 7) is 3.09. The van der Waals surface area contributed by atoms with Gasteiger partial charge in [-0.3, -0.25) is 9.78 Å². The third-order valence-corrected chi connectivity index (χ3v) is 6.36. The Morgan fingerprint density at radius 2 is 1.94 bits per heavy atom. The second kappa shape index (κ2) is 8.78. The highest BCUT2D eigenvalue weighted by molar-refractivity contribution is 5.94. The van der Waals surface area contributed by atoms with Gasteiger partial charge < -0.3 is 19.5 Å². The van der Waals surface area contributed by atoms with Gasteiger partial charge >= 0.3 is 0 Å². The predicted molar refractivity (Wildman–Crippen MR) is 121 cm³/mol.